The van der Waals surface area contributed by atoms with E-state index in [0.29, 0.717) is 17.4 Å². The Morgan fingerprint density at radius 3 is 2.46 bits per heavy atom. The minimum Gasteiger partial charge on any atom is -0.492 e. The van der Waals surface area contributed by atoms with Crippen LogP contribution in [0.2, 0.25) is 0 Å². The lowest BCUT2D eigenvalue weighted by Gasteiger charge is -2.22. The highest BCUT2D eigenvalue weighted by Gasteiger charge is 2.20. The van der Waals surface area contributed by atoms with Crippen LogP contribution in [-0.2, 0) is 4.74 Å². The van der Waals surface area contributed by atoms with Gasteiger partial charge >= 0.3 is 0 Å². The Morgan fingerprint density at radius 2 is 1.97 bits per heavy atom. The van der Waals surface area contributed by atoms with Gasteiger partial charge in [0.2, 0.25) is 0 Å². The Labute approximate surface area is 213 Å². The van der Waals surface area contributed by atoms with Crippen LogP contribution in [0, 0.1) is 6.92 Å². The van der Waals surface area contributed by atoms with Crippen LogP contribution in [0.4, 0.5) is 11.5 Å². The van der Waals surface area contributed by atoms with E-state index in [0.717, 1.165) is 40.4 Å². The van der Waals surface area contributed by atoms with Gasteiger partial charge in [0.05, 0.1) is 7.11 Å². The summed E-state index contributed by atoms with van der Waals surface area (Å²) in [5, 5.41) is 10.6. The topological polar surface area (TPSA) is 104 Å². The number of H-pyrrole nitrogens is 1. The average Bonchev–Trinajstić information content (AvgIpc) is 3.29. The molecule has 188 valence electrons. The van der Waals surface area contributed by atoms with Gasteiger partial charge in [0.1, 0.15) is 5.84 Å². The number of amidine groups is 1. The molecule has 9 heteroatoms. The van der Waals surface area contributed by atoms with Crippen LogP contribution in [0.25, 0.3) is 0 Å². The van der Waals surface area contributed by atoms with Gasteiger partial charge in [0, 0.05) is 60.0 Å². The summed E-state index contributed by atoms with van der Waals surface area (Å²) in [4.78, 5) is 12.4. The maximum atomic E-state index is 6.00. The molecule has 0 bridgehead atoms. The molecule has 0 saturated carbocycles. The molecule has 0 radical (unpaired) electrons. The molecule has 0 amide bonds. The van der Waals surface area contributed by atoms with Crippen molar-refractivity contribution in [2.75, 3.05) is 37.7 Å². The molecule has 0 aliphatic heterocycles. The van der Waals surface area contributed by atoms with E-state index in [1.807, 2.05) is 38.8 Å². The first kappa shape index (κ1) is 27.8. The molecule has 2 rings (SSSR count). The second kappa shape index (κ2) is 13.4. The lowest BCUT2D eigenvalue weighted by Crippen LogP contribution is -2.24. The zero-order valence-electron chi connectivity index (χ0n) is 21.9. The highest BCUT2D eigenvalue weighted by molar-refractivity contribution is 7.98. The number of methoxy groups -OCH3 is 1. The third-order valence-corrected chi connectivity index (χ3v) is 6.25. The molecule has 2 aromatic rings. The first-order valence-electron chi connectivity index (χ1n) is 11.3. The predicted molar refractivity (Wildman–Crippen MR) is 150 cm³/mol. The number of anilines is 2. The Kier molecular flexibility index (Phi) is 10.7. The smallest absolute Gasteiger partial charge is 0.176 e. The maximum Gasteiger partial charge on any atom is 0.176 e. The largest absolute Gasteiger partial charge is 0.492 e. The highest BCUT2D eigenvalue weighted by Crippen LogP contribution is 2.29. The number of aromatic amines is 1. The van der Waals surface area contributed by atoms with Crippen LogP contribution < -0.4 is 16.0 Å². The highest BCUT2D eigenvalue weighted by atomic mass is 32.2. The number of aliphatic imine (C=N–C) groups is 2. The van der Waals surface area contributed by atoms with Crippen molar-refractivity contribution in [2.24, 2.45) is 15.7 Å². The minimum absolute atomic E-state index is 0.510. The maximum absolute atomic E-state index is 6.00. The monoisotopic (exact) mass is 495 g/mol. The summed E-state index contributed by atoms with van der Waals surface area (Å²) in [5.74, 6) is 2.46. The van der Waals surface area contributed by atoms with Crippen molar-refractivity contribution in [1.82, 2.24) is 10.2 Å². The summed E-state index contributed by atoms with van der Waals surface area (Å²) in [5.41, 5.74) is 10.6. The van der Waals surface area contributed by atoms with Gasteiger partial charge in [-0.3, -0.25) is 10.1 Å². The molecule has 0 aliphatic carbocycles. The Hall–Kier alpha value is -3.46. The Bertz CT molecular complexity index is 1140. The number of hydrogen-bond donors (Lipinski definition) is 3. The number of nitrogens with one attached hydrogen (secondary N) is 2. The SMILES string of the molecule is CC/C(C)=C(C(\C=NC)=C\N)/C(OC)=C(\N=C(/C)N(C)c1ccc(SC)cc1)Nc1cc(C)[nH]n1. The molecular formula is C26H37N7OS. The Balaban J connectivity index is 2.70. The summed E-state index contributed by atoms with van der Waals surface area (Å²) >= 11 is 1.71. The van der Waals surface area contributed by atoms with E-state index in [9.17, 15) is 0 Å². The van der Waals surface area contributed by atoms with E-state index in [4.69, 9.17) is 15.5 Å². The van der Waals surface area contributed by atoms with Crippen molar-refractivity contribution in [3.05, 3.63) is 70.5 Å². The molecule has 0 spiro atoms. The van der Waals surface area contributed by atoms with Gasteiger partial charge < -0.3 is 20.7 Å². The number of nitrogens with two attached hydrogens (primary N) is 1. The number of benzene rings is 1. The predicted octanol–water partition coefficient (Wildman–Crippen LogP) is 5.49. The van der Waals surface area contributed by atoms with Crippen molar-refractivity contribution in [2.45, 2.75) is 39.0 Å². The summed E-state index contributed by atoms with van der Waals surface area (Å²) < 4.78 is 5.96. The second-order valence-electron chi connectivity index (χ2n) is 7.88. The summed E-state index contributed by atoms with van der Waals surface area (Å²) in [6, 6.07) is 10.3. The average molecular weight is 496 g/mol. The van der Waals surface area contributed by atoms with Gasteiger partial charge in [-0.05, 0) is 57.7 Å². The molecule has 0 fully saturated rings. The lowest BCUT2D eigenvalue weighted by molar-refractivity contribution is 0.297. The van der Waals surface area contributed by atoms with E-state index >= 15 is 0 Å². The first-order valence-corrected chi connectivity index (χ1v) is 12.6. The van der Waals surface area contributed by atoms with Gasteiger partial charge in [-0.2, -0.15) is 5.10 Å². The zero-order valence-corrected chi connectivity index (χ0v) is 22.7. The van der Waals surface area contributed by atoms with Crippen molar-refractivity contribution in [3.63, 3.8) is 0 Å². The number of hydrogen-bond acceptors (Lipinski definition) is 7. The zero-order chi connectivity index (χ0) is 26.0. The van der Waals surface area contributed by atoms with Crippen LogP contribution in [0.15, 0.2) is 79.7 Å². The van der Waals surface area contributed by atoms with E-state index in [-0.39, 0.29) is 0 Å². The van der Waals surface area contributed by atoms with Crippen LogP contribution in [0.3, 0.4) is 0 Å². The van der Waals surface area contributed by atoms with Gasteiger partial charge in [-0.1, -0.05) is 12.5 Å². The summed E-state index contributed by atoms with van der Waals surface area (Å²) in [6.45, 7) is 8.04. The number of nitrogens with zero attached hydrogens (tertiary/aromatic N) is 4. The minimum atomic E-state index is 0.510. The van der Waals surface area contributed by atoms with Gasteiger partial charge in [0.25, 0.3) is 0 Å². The Morgan fingerprint density at radius 1 is 1.29 bits per heavy atom. The van der Waals surface area contributed by atoms with Gasteiger partial charge in [0.15, 0.2) is 17.4 Å². The molecule has 8 nitrogen and oxygen atoms in total. The molecule has 0 aliphatic rings. The van der Waals surface area contributed by atoms with Crippen LogP contribution >= 0.6 is 11.8 Å². The molecule has 0 unspecified atom stereocenters. The number of aryl methyl sites for hydroxylation is 1. The fourth-order valence-corrected chi connectivity index (χ4v) is 3.77. The van der Waals surface area contributed by atoms with Crippen molar-refractivity contribution < 1.29 is 4.74 Å². The lowest BCUT2D eigenvalue weighted by atomic mass is 9.98. The molecule has 35 heavy (non-hydrogen) atoms. The quantitative estimate of drug-likeness (QED) is 0.132. The van der Waals surface area contributed by atoms with E-state index in [1.165, 1.54) is 11.1 Å². The van der Waals surface area contributed by atoms with Gasteiger partial charge in [-0.15, -0.1) is 11.8 Å². The van der Waals surface area contributed by atoms with Gasteiger partial charge in [-0.25, -0.2) is 4.99 Å². The number of ether oxygens (including phenoxy) is 1. The first-order chi connectivity index (χ1) is 16.8. The molecule has 1 aromatic carbocycles. The standard InChI is InChI=1S/C26H37N7OS/c1-9-17(2)24(20(15-27)16-28-5)25(34-7)26(30-23-14-18(3)31-32-23)29-19(4)33(6)21-10-12-22(35-8)13-11-21/h10-16H,9,27H2,1-8H3,(H2,30,31,32)/b20-15+,24-17+,26-25-,28-16?,29-19+. The molecule has 4 N–H and O–H groups in total. The van der Waals surface area contributed by atoms with E-state index < -0.39 is 0 Å². The summed E-state index contributed by atoms with van der Waals surface area (Å²) in [6.07, 6.45) is 6.12. The number of aromatic nitrogens is 2. The van der Waals surface area contributed by atoms with E-state index in [2.05, 4.69) is 58.0 Å². The van der Waals surface area contributed by atoms with E-state index in [1.54, 1.807) is 32.1 Å². The van der Waals surface area contributed by atoms with Crippen molar-refractivity contribution in [1.29, 1.82) is 0 Å². The van der Waals surface area contributed by atoms with Crippen molar-refractivity contribution >= 4 is 35.3 Å². The number of allylic oxidation sites excluding steroid dienone is 2. The number of rotatable bonds is 10. The number of thioether (sulfide) groups is 1. The second-order valence-corrected chi connectivity index (χ2v) is 8.76. The molecule has 0 atom stereocenters. The third-order valence-electron chi connectivity index (χ3n) is 5.51. The molecule has 1 heterocycles. The fraction of sp³-hybridized carbons (Fsp3) is 0.346. The van der Waals surface area contributed by atoms with Crippen molar-refractivity contribution in [3.8, 4) is 0 Å². The summed E-state index contributed by atoms with van der Waals surface area (Å²) in [7, 11) is 5.32. The van der Waals surface area contributed by atoms with Crippen LogP contribution in [-0.4, -0.2) is 49.7 Å². The van der Waals surface area contributed by atoms with Crippen LogP contribution in [0.1, 0.15) is 32.9 Å². The molecule has 0 saturated heterocycles. The third kappa shape index (κ3) is 7.26. The molecular weight excluding hydrogens is 458 g/mol. The fourth-order valence-electron chi connectivity index (χ4n) is 3.36. The molecule has 1 aromatic heterocycles. The van der Waals surface area contributed by atoms with Crippen LogP contribution in [0.5, 0.6) is 0 Å². The normalized spacial score (nSPS) is 14.1.